The van der Waals surface area contributed by atoms with Crippen LogP contribution < -0.4 is 15.4 Å². The molecule has 326 valence electrons. The number of fused-ring (bicyclic) bond motifs is 3. The normalized spacial score (nSPS) is 20.3. The molecule has 8 rings (SSSR count). The Hall–Kier alpha value is -5.62. The molecule has 2 aromatic heterocycles. The highest BCUT2D eigenvalue weighted by Gasteiger charge is 2.62. The summed E-state index contributed by atoms with van der Waals surface area (Å²) in [5.41, 5.74) is 2.41. The molecule has 1 amide bonds. The summed E-state index contributed by atoms with van der Waals surface area (Å²) < 4.78 is 37.4. The summed E-state index contributed by atoms with van der Waals surface area (Å²) in [7, 11) is 0.0355. The van der Waals surface area contributed by atoms with E-state index in [4.69, 9.17) is 28.2 Å². The summed E-state index contributed by atoms with van der Waals surface area (Å²) in [5.74, 6) is 0.696. The zero-order valence-corrected chi connectivity index (χ0v) is 37.0. The fraction of sp³-hybridized carbons (Fsp3) is 0.354. The minimum absolute atomic E-state index is 0.0942. The van der Waals surface area contributed by atoms with Crippen LogP contribution in [0.25, 0.3) is 11.2 Å². The molecule has 0 saturated carbocycles. The van der Waals surface area contributed by atoms with E-state index in [-0.39, 0.29) is 43.4 Å². The maximum Gasteiger partial charge on any atom is 0.259 e. The number of imidazole rings is 1. The standard InChI is InChI=1S/C48H53N8O6P/c1-33(2)56(34(3)4)63(60-28-15-27-49)61-30-47-26-29-59-41(46(62-47)55-32-52-40-43(50-31-51-44(40)55)53-45(57)35-16-9-6-10-17-35)42(47)54-48(36-18-11-7-12-19-36,37-20-13-8-14-21-37)38-22-24-39(58-5)25-23-38/h6-14,16-25,31-34,41-42,46,54H,15,26,28-30H2,1-5H3,(H,50,51,53,57)/t41-,42+,46-,47-,63?/m1/s1. The van der Waals surface area contributed by atoms with Crippen molar-refractivity contribution >= 4 is 31.4 Å². The molecule has 5 atom stereocenters. The van der Waals surface area contributed by atoms with E-state index in [0.29, 0.717) is 29.8 Å². The van der Waals surface area contributed by atoms with Crippen LogP contribution in [-0.2, 0) is 24.1 Å². The van der Waals surface area contributed by atoms with Gasteiger partial charge in [0.25, 0.3) is 14.4 Å². The van der Waals surface area contributed by atoms with Crippen LogP contribution in [0, 0.1) is 11.3 Å². The molecule has 2 aliphatic heterocycles. The van der Waals surface area contributed by atoms with Gasteiger partial charge in [-0.1, -0.05) is 91.0 Å². The largest absolute Gasteiger partial charge is 0.497 e. The van der Waals surface area contributed by atoms with E-state index in [9.17, 15) is 10.1 Å². The van der Waals surface area contributed by atoms with Gasteiger partial charge in [-0.15, -0.1) is 0 Å². The van der Waals surface area contributed by atoms with Gasteiger partial charge in [-0.3, -0.25) is 14.7 Å². The minimum Gasteiger partial charge on any atom is -0.497 e. The van der Waals surface area contributed by atoms with Crippen molar-refractivity contribution in [1.82, 2.24) is 29.5 Å². The average molecular weight is 869 g/mol. The Labute approximate surface area is 369 Å². The van der Waals surface area contributed by atoms with Gasteiger partial charge in [0.15, 0.2) is 23.2 Å². The van der Waals surface area contributed by atoms with Crippen LogP contribution in [-0.4, -0.2) is 86.9 Å². The lowest BCUT2D eigenvalue weighted by molar-refractivity contribution is -0.104. The van der Waals surface area contributed by atoms with E-state index in [1.807, 2.05) is 71.3 Å². The number of hydrogen-bond acceptors (Lipinski definition) is 12. The Morgan fingerprint density at radius 3 is 2.16 bits per heavy atom. The number of rotatable bonds is 18. The SMILES string of the molecule is COc1ccc(C(N[C@H]2[C@H]3OCC[C@]2(COP(OCCC#N)N(C(C)C)C(C)C)O[C@H]3n2cnc3c(NC(=O)c4ccccc4)ncnc32)(c2ccccc2)c2ccccc2)cc1. The van der Waals surface area contributed by atoms with Crippen molar-refractivity contribution in [2.75, 3.05) is 32.2 Å². The Kier molecular flexibility index (Phi) is 13.6. The molecule has 2 bridgehead atoms. The Morgan fingerprint density at radius 2 is 1.54 bits per heavy atom. The first-order valence-electron chi connectivity index (χ1n) is 21.3. The number of nitriles is 1. The van der Waals surface area contributed by atoms with Crippen molar-refractivity contribution in [1.29, 1.82) is 5.26 Å². The fourth-order valence-electron chi connectivity index (χ4n) is 8.81. The van der Waals surface area contributed by atoms with Crippen molar-refractivity contribution in [2.24, 2.45) is 0 Å². The molecule has 0 radical (unpaired) electrons. The van der Waals surface area contributed by atoms with Crippen molar-refractivity contribution < 1.29 is 28.1 Å². The number of benzene rings is 4. The molecule has 0 aliphatic carbocycles. The van der Waals surface area contributed by atoms with Crippen molar-refractivity contribution in [3.63, 3.8) is 0 Å². The number of amides is 1. The Bertz CT molecular complexity index is 2440. The second-order valence-corrected chi connectivity index (χ2v) is 17.6. The van der Waals surface area contributed by atoms with Crippen LogP contribution in [0.1, 0.15) is 73.8 Å². The van der Waals surface area contributed by atoms with Crippen molar-refractivity contribution in [3.05, 3.63) is 150 Å². The highest BCUT2D eigenvalue weighted by Crippen LogP contribution is 2.52. The minimum atomic E-state index is -1.63. The molecule has 2 fully saturated rings. The Morgan fingerprint density at radius 1 is 0.905 bits per heavy atom. The molecule has 4 heterocycles. The summed E-state index contributed by atoms with van der Waals surface area (Å²) in [5, 5.41) is 16.6. The molecule has 15 heteroatoms. The van der Waals surface area contributed by atoms with Crippen LogP contribution in [0.15, 0.2) is 128 Å². The molecular formula is C48H53N8O6P. The number of ether oxygens (including phenoxy) is 3. The molecule has 6 aromatic rings. The number of aromatic nitrogens is 4. The van der Waals surface area contributed by atoms with Crippen molar-refractivity contribution in [3.8, 4) is 11.8 Å². The van der Waals surface area contributed by atoms with E-state index in [2.05, 4.69) is 95.4 Å². The molecule has 63 heavy (non-hydrogen) atoms. The molecule has 2 N–H and O–H groups in total. The third-order valence-corrected chi connectivity index (χ3v) is 13.7. The first-order valence-corrected chi connectivity index (χ1v) is 22.4. The highest BCUT2D eigenvalue weighted by molar-refractivity contribution is 7.44. The van der Waals surface area contributed by atoms with Crippen LogP contribution in [0.3, 0.4) is 0 Å². The van der Waals surface area contributed by atoms with E-state index < -0.39 is 38.0 Å². The second kappa shape index (κ2) is 19.4. The number of methoxy groups -OCH3 is 1. The monoisotopic (exact) mass is 868 g/mol. The maximum absolute atomic E-state index is 13.3. The van der Waals surface area contributed by atoms with E-state index >= 15 is 0 Å². The lowest BCUT2D eigenvalue weighted by atomic mass is 9.74. The van der Waals surface area contributed by atoms with E-state index in [1.165, 1.54) is 6.33 Å². The zero-order chi connectivity index (χ0) is 44.0. The van der Waals surface area contributed by atoms with Crippen molar-refractivity contribution in [2.45, 2.75) is 82.1 Å². The number of anilines is 1. The third kappa shape index (κ3) is 8.83. The molecule has 0 spiro atoms. The number of carbonyl (C=O) groups excluding carboxylic acids is 1. The molecular weight excluding hydrogens is 816 g/mol. The molecule has 2 saturated heterocycles. The fourth-order valence-corrected chi connectivity index (χ4v) is 10.5. The van der Waals surface area contributed by atoms with Crippen LogP contribution in [0.2, 0.25) is 0 Å². The average Bonchev–Trinajstić information content (AvgIpc) is 3.80. The van der Waals surface area contributed by atoms with Gasteiger partial charge in [-0.2, -0.15) is 5.26 Å². The lowest BCUT2D eigenvalue weighted by Crippen LogP contribution is -2.64. The van der Waals surface area contributed by atoms with Crippen LogP contribution in [0.4, 0.5) is 5.82 Å². The Balaban J connectivity index is 1.26. The summed E-state index contributed by atoms with van der Waals surface area (Å²) >= 11 is 0. The number of carbonyl (C=O) groups is 1. The lowest BCUT2D eigenvalue weighted by Gasteiger charge is -2.47. The molecule has 14 nitrogen and oxygen atoms in total. The second-order valence-electron chi connectivity index (χ2n) is 16.2. The highest BCUT2D eigenvalue weighted by atomic mass is 31.2. The van der Waals surface area contributed by atoms with Gasteiger partial charge in [0, 0.05) is 24.1 Å². The molecule has 4 aromatic carbocycles. The van der Waals surface area contributed by atoms with Crippen LogP contribution >= 0.6 is 8.53 Å². The van der Waals surface area contributed by atoms with Gasteiger partial charge < -0.3 is 28.6 Å². The smallest absolute Gasteiger partial charge is 0.259 e. The predicted molar refractivity (Wildman–Crippen MR) is 241 cm³/mol. The molecule has 1 unspecified atom stereocenters. The maximum atomic E-state index is 13.3. The number of hydrogen-bond donors (Lipinski definition) is 2. The van der Waals surface area contributed by atoms with E-state index in [0.717, 1.165) is 22.4 Å². The van der Waals surface area contributed by atoms with Gasteiger partial charge in [0.2, 0.25) is 0 Å². The first kappa shape index (κ1) is 44.0. The van der Waals surface area contributed by atoms with Crippen LogP contribution in [0.5, 0.6) is 5.75 Å². The summed E-state index contributed by atoms with van der Waals surface area (Å²) in [4.78, 5) is 27.2. The summed E-state index contributed by atoms with van der Waals surface area (Å²) in [6.07, 6.45) is 2.44. The van der Waals surface area contributed by atoms with Gasteiger partial charge in [0.05, 0.1) is 57.3 Å². The number of nitrogens with one attached hydrogen (secondary N) is 2. The van der Waals surface area contributed by atoms with Gasteiger partial charge in [0.1, 0.15) is 23.8 Å². The first-order chi connectivity index (χ1) is 30.7. The quantitative estimate of drug-likeness (QED) is 0.0484. The topological polar surface area (TPSA) is 158 Å². The predicted octanol–water partition coefficient (Wildman–Crippen LogP) is 8.39. The molecule has 2 aliphatic rings. The van der Waals surface area contributed by atoms with Gasteiger partial charge >= 0.3 is 0 Å². The zero-order valence-electron chi connectivity index (χ0n) is 36.1. The number of nitrogens with zero attached hydrogens (tertiary/aromatic N) is 6. The van der Waals surface area contributed by atoms with E-state index in [1.54, 1.807) is 25.6 Å². The van der Waals surface area contributed by atoms with Gasteiger partial charge in [-0.25, -0.2) is 19.6 Å². The third-order valence-electron chi connectivity index (χ3n) is 11.7. The van der Waals surface area contributed by atoms with Gasteiger partial charge in [-0.05, 0) is 68.7 Å². The summed E-state index contributed by atoms with van der Waals surface area (Å²) in [6.45, 7) is 9.23. The summed E-state index contributed by atoms with van der Waals surface area (Å²) in [6, 6.07) is 39.7.